The Labute approximate surface area is 111 Å². The lowest BCUT2D eigenvalue weighted by atomic mass is 10.1. The Hall–Kier alpha value is -2.49. The van der Waals surface area contributed by atoms with Gasteiger partial charge in [0.25, 0.3) is 5.91 Å². The average Bonchev–Trinajstić information content (AvgIpc) is 2.38. The van der Waals surface area contributed by atoms with Gasteiger partial charge >= 0.3 is 0 Å². The van der Waals surface area contributed by atoms with E-state index in [4.69, 9.17) is 5.73 Å². The Morgan fingerprint density at radius 1 is 1.21 bits per heavy atom. The number of nitrogen functional groups attached to an aromatic ring is 1. The minimum atomic E-state index is -0.274. The SMILES string of the molecule is Cc1cccc(NC(=O)c2ccc(N)c(O)c2)c1C. The van der Waals surface area contributed by atoms with E-state index in [1.165, 1.54) is 12.1 Å². The Morgan fingerprint density at radius 2 is 1.95 bits per heavy atom. The van der Waals surface area contributed by atoms with Crippen LogP contribution in [-0.2, 0) is 0 Å². The lowest BCUT2D eigenvalue weighted by Gasteiger charge is -2.10. The van der Waals surface area contributed by atoms with Crippen molar-refractivity contribution in [3.63, 3.8) is 0 Å². The van der Waals surface area contributed by atoms with Crippen molar-refractivity contribution in [1.82, 2.24) is 0 Å². The molecule has 1 amide bonds. The van der Waals surface area contributed by atoms with Gasteiger partial charge in [-0.1, -0.05) is 12.1 Å². The van der Waals surface area contributed by atoms with Crippen molar-refractivity contribution >= 4 is 17.3 Å². The molecule has 4 N–H and O–H groups in total. The average molecular weight is 256 g/mol. The maximum absolute atomic E-state index is 12.1. The van der Waals surface area contributed by atoms with E-state index >= 15 is 0 Å². The maximum Gasteiger partial charge on any atom is 0.255 e. The molecule has 2 aromatic rings. The van der Waals surface area contributed by atoms with Crippen LogP contribution in [0.15, 0.2) is 36.4 Å². The number of hydrogen-bond acceptors (Lipinski definition) is 3. The minimum absolute atomic E-state index is 0.0892. The smallest absolute Gasteiger partial charge is 0.255 e. The van der Waals surface area contributed by atoms with Crippen LogP contribution in [-0.4, -0.2) is 11.0 Å². The van der Waals surface area contributed by atoms with E-state index in [1.54, 1.807) is 6.07 Å². The highest BCUT2D eigenvalue weighted by Gasteiger charge is 2.10. The third-order valence-electron chi connectivity index (χ3n) is 3.15. The number of phenols is 1. The number of hydrogen-bond donors (Lipinski definition) is 3. The molecule has 0 spiro atoms. The van der Waals surface area contributed by atoms with Gasteiger partial charge in [0.15, 0.2) is 0 Å². The lowest BCUT2D eigenvalue weighted by Crippen LogP contribution is -2.13. The first-order valence-corrected chi connectivity index (χ1v) is 5.95. The van der Waals surface area contributed by atoms with Crippen molar-refractivity contribution in [2.75, 3.05) is 11.1 Å². The molecular weight excluding hydrogens is 240 g/mol. The highest BCUT2D eigenvalue weighted by Crippen LogP contribution is 2.23. The number of benzene rings is 2. The van der Waals surface area contributed by atoms with Crippen LogP contribution in [0.5, 0.6) is 5.75 Å². The molecule has 0 aromatic heterocycles. The Bertz CT molecular complexity index is 636. The molecule has 0 saturated carbocycles. The third kappa shape index (κ3) is 2.68. The van der Waals surface area contributed by atoms with Crippen molar-refractivity contribution in [2.24, 2.45) is 0 Å². The van der Waals surface area contributed by atoms with Crippen molar-refractivity contribution in [3.8, 4) is 5.75 Å². The van der Waals surface area contributed by atoms with Crippen LogP contribution < -0.4 is 11.1 Å². The van der Waals surface area contributed by atoms with Gasteiger partial charge in [0.05, 0.1) is 5.69 Å². The maximum atomic E-state index is 12.1. The second-order valence-corrected chi connectivity index (χ2v) is 4.48. The van der Waals surface area contributed by atoms with Crippen molar-refractivity contribution in [2.45, 2.75) is 13.8 Å². The van der Waals surface area contributed by atoms with E-state index in [0.29, 0.717) is 5.56 Å². The van der Waals surface area contributed by atoms with Crippen LogP contribution >= 0.6 is 0 Å². The third-order valence-corrected chi connectivity index (χ3v) is 3.15. The predicted octanol–water partition coefficient (Wildman–Crippen LogP) is 2.84. The number of aryl methyl sites for hydroxylation is 1. The summed E-state index contributed by atoms with van der Waals surface area (Å²) in [6.07, 6.45) is 0. The fraction of sp³-hybridized carbons (Fsp3) is 0.133. The molecule has 0 saturated heterocycles. The van der Waals surface area contributed by atoms with Gasteiger partial charge in [-0.2, -0.15) is 0 Å². The lowest BCUT2D eigenvalue weighted by molar-refractivity contribution is 0.102. The van der Waals surface area contributed by atoms with Crippen LogP contribution in [0.3, 0.4) is 0 Å². The predicted molar refractivity (Wildman–Crippen MR) is 76.4 cm³/mol. The van der Waals surface area contributed by atoms with E-state index in [9.17, 15) is 9.90 Å². The van der Waals surface area contributed by atoms with Gasteiger partial charge in [-0.15, -0.1) is 0 Å². The van der Waals surface area contributed by atoms with Crippen LogP contribution in [0.25, 0.3) is 0 Å². The van der Waals surface area contributed by atoms with Gasteiger partial charge in [0.2, 0.25) is 0 Å². The van der Waals surface area contributed by atoms with E-state index in [1.807, 2.05) is 32.0 Å². The summed E-state index contributed by atoms with van der Waals surface area (Å²) < 4.78 is 0. The zero-order chi connectivity index (χ0) is 14.0. The highest BCUT2D eigenvalue weighted by molar-refractivity contribution is 6.05. The molecule has 4 nitrogen and oxygen atoms in total. The number of aromatic hydroxyl groups is 1. The van der Waals surface area contributed by atoms with Gasteiger partial charge in [-0.25, -0.2) is 0 Å². The summed E-state index contributed by atoms with van der Waals surface area (Å²) in [7, 11) is 0. The molecule has 0 fully saturated rings. The van der Waals surface area contributed by atoms with E-state index < -0.39 is 0 Å². The molecule has 2 aromatic carbocycles. The number of amides is 1. The number of carbonyl (C=O) groups excluding carboxylic acids is 1. The summed E-state index contributed by atoms with van der Waals surface area (Å²) in [4.78, 5) is 12.1. The molecule has 0 aliphatic rings. The fourth-order valence-corrected chi connectivity index (χ4v) is 1.77. The van der Waals surface area contributed by atoms with Gasteiger partial charge in [-0.3, -0.25) is 4.79 Å². The molecular formula is C15H16N2O2. The molecule has 98 valence electrons. The minimum Gasteiger partial charge on any atom is -0.506 e. The molecule has 2 rings (SSSR count). The number of rotatable bonds is 2. The molecule has 19 heavy (non-hydrogen) atoms. The number of nitrogens with two attached hydrogens (primary N) is 1. The van der Waals surface area contributed by atoms with Gasteiger partial charge in [-0.05, 0) is 49.2 Å². The molecule has 0 aliphatic heterocycles. The van der Waals surface area contributed by atoms with E-state index in [0.717, 1.165) is 16.8 Å². The van der Waals surface area contributed by atoms with Crippen LogP contribution in [0.2, 0.25) is 0 Å². The monoisotopic (exact) mass is 256 g/mol. The summed E-state index contributed by atoms with van der Waals surface area (Å²) in [6.45, 7) is 3.94. The Morgan fingerprint density at radius 3 is 2.63 bits per heavy atom. The second-order valence-electron chi connectivity index (χ2n) is 4.48. The summed E-state index contributed by atoms with van der Waals surface area (Å²) in [5.74, 6) is -0.363. The molecule has 0 radical (unpaired) electrons. The number of nitrogens with one attached hydrogen (secondary N) is 1. The summed E-state index contributed by atoms with van der Waals surface area (Å²) in [5, 5.41) is 12.3. The molecule has 4 heteroatoms. The highest BCUT2D eigenvalue weighted by atomic mass is 16.3. The molecule has 0 atom stereocenters. The first kappa shape index (κ1) is 13.0. The van der Waals surface area contributed by atoms with Gasteiger partial charge < -0.3 is 16.2 Å². The van der Waals surface area contributed by atoms with Crippen molar-refractivity contribution in [1.29, 1.82) is 0 Å². The normalized spacial score (nSPS) is 10.2. The molecule has 0 unspecified atom stereocenters. The molecule has 0 aliphatic carbocycles. The first-order valence-electron chi connectivity index (χ1n) is 5.95. The Balaban J connectivity index is 2.26. The van der Waals surface area contributed by atoms with Crippen LogP contribution in [0.1, 0.15) is 21.5 Å². The molecule has 0 heterocycles. The van der Waals surface area contributed by atoms with Gasteiger partial charge in [0.1, 0.15) is 5.75 Å². The quantitative estimate of drug-likeness (QED) is 0.571. The zero-order valence-corrected chi connectivity index (χ0v) is 10.9. The largest absolute Gasteiger partial charge is 0.506 e. The number of phenolic OH excluding ortho intramolecular Hbond substituents is 1. The van der Waals surface area contributed by atoms with Crippen LogP contribution in [0.4, 0.5) is 11.4 Å². The zero-order valence-electron chi connectivity index (χ0n) is 10.9. The fourth-order valence-electron chi connectivity index (χ4n) is 1.77. The van der Waals surface area contributed by atoms with Crippen molar-refractivity contribution < 1.29 is 9.90 Å². The summed E-state index contributed by atoms with van der Waals surface area (Å²) in [6, 6.07) is 10.2. The van der Waals surface area contributed by atoms with Gasteiger partial charge in [0, 0.05) is 11.3 Å². The Kier molecular flexibility index (Phi) is 3.42. The van der Waals surface area contributed by atoms with Crippen LogP contribution in [0, 0.1) is 13.8 Å². The second kappa shape index (κ2) is 5.02. The van der Waals surface area contributed by atoms with E-state index in [-0.39, 0.29) is 17.3 Å². The summed E-state index contributed by atoms with van der Waals surface area (Å²) in [5.41, 5.74) is 9.02. The number of carbonyl (C=O) groups is 1. The first-order chi connectivity index (χ1) is 8.99. The molecule has 0 bridgehead atoms. The van der Waals surface area contributed by atoms with Crippen molar-refractivity contribution in [3.05, 3.63) is 53.1 Å². The number of anilines is 2. The topological polar surface area (TPSA) is 75.4 Å². The summed E-state index contributed by atoms with van der Waals surface area (Å²) >= 11 is 0. The van der Waals surface area contributed by atoms with E-state index in [2.05, 4.69) is 5.32 Å². The standard InChI is InChI=1S/C15H16N2O2/c1-9-4-3-5-13(10(9)2)17-15(19)11-6-7-12(16)14(18)8-11/h3-8,18H,16H2,1-2H3,(H,17,19).